The predicted octanol–water partition coefficient (Wildman–Crippen LogP) is 1.37. The number of hydrogen-bond acceptors (Lipinski definition) is 5. The number of sulfonamides is 1. The first kappa shape index (κ1) is 20.3. The zero-order chi connectivity index (χ0) is 19.8. The van der Waals surface area contributed by atoms with Crippen LogP contribution in [0.2, 0.25) is 0 Å². The van der Waals surface area contributed by atoms with E-state index < -0.39 is 19.9 Å². The molecule has 27 heavy (non-hydrogen) atoms. The largest absolute Gasteiger partial charge is 0.338 e. The number of nitrogens with zero attached hydrogens (tertiary/aromatic N) is 2. The van der Waals surface area contributed by atoms with Gasteiger partial charge in [-0.1, -0.05) is 6.92 Å². The molecule has 3 rings (SSSR count). The van der Waals surface area contributed by atoms with E-state index in [1.807, 2.05) is 0 Å². The minimum Gasteiger partial charge on any atom is -0.338 e. The van der Waals surface area contributed by atoms with E-state index in [9.17, 15) is 21.6 Å². The number of carbonyl (C=O) groups excluding carboxylic acids is 1. The molecule has 0 aromatic heterocycles. The Bertz CT molecular complexity index is 902. The van der Waals surface area contributed by atoms with Gasteiger partial charge in [-0.15, -0.1) is 0 Å². The van der Waals surface area contributed by atoms with Gasteiger partial charge in [0.05, 0.1) is 16.4 Å². The molecular weight excluding hydrogens is 388 g/mol. The Balaban J connectivity index is 1.72. The average Bonchev–Trinajstić information content (AvgIpc) is 3.01. The smallest absolute Gasteiger partial charge is 0.253 e. The molecule has 0 saturated carbocycles. The van der Waals surface area contributed by atoms with E-state index >= 15 is 0 Å². The van der Waals surface area contributed by atoms with Gasteiger partial charge >= 0.3 is 0 Å². The van der Waals surface area contributed by atoms with Crippen molar-refractivity contribution in [2.45, 2.75) is 37.1 Å². The van der Waals surface area contributed by atoms with Gasteiger partial charge in [0.15, 0.2) is 9.84 Å². The zero-order valence-electron chi connectivity index (χ0n) is 15.7. The predicted molar refractivity (Wildman–Crippen MR) is 103 cm³/mol. The van der Waals surface area contributed by atoms with Crippen LogP contribution in [0.3, 0.4) is 0 Å². The molecule has 2 aliphatic rings. The van der Waals surface area contributed by atoms with E-state index in [0.717, 1.165) is 12.8 Å². The third-order valence-electron chi connectivity index (χ3n) is 5.56. The summed E-state index contributed by atoms with van der Waals surface area (Å²) >= 11 is 0. The molecule has 2 aliphatic heterocycles. The number of benzene rings is 1. The number of amides is 1. The molecule has 0 spiro atoms. The summed E-state index contributed by atoms with van der Waals surface area (Å²) in [5.41, 5.74) is 0.355. The first-order valence-electron chi connectivity index (χ1n) is 9.18. The van der Waals surface area contributed by atoms with Gasteiger partial charge in [-0.25, -0.2) is 16.8 Å². The van der Waals surface area contributed by atoms with Gasteiger partial charge in [0.25, 0.3) is 5.91 Å². The molecule has 0 unspecified atom stereocenters. The van der Waals surface area contributed by atoms with Crippen LogP contribution in [-0.2, 0) is 19.9 Å². The summed E-state index contributed by atoms with van der Waals surface area (Å²) in [4.78, 5) is 14.2. The molecule has 1 aromatic carbocycles. The molecule has 2 saturated heterocycles. The minimum absolute atomic E-state index is 0.0188. The van der Waals surface area contributed by atoms with E-state index in [2.05, 4.69) is 6.92 Å². The second kappa shape index (κ2) is 7.52. The Kier molecular flexibility index (Phi) is 5.65. The van der Waals surface area contributed by atoms with Crippen molar-refractivity contribution in [2.24, 2.45) is 5.92 Å². The molecule has 1 atom stereocenters. The SMILES string of the molecule is CC1CCN(S(=O)(=O)c2ccc(C(=O)N(C)[C@H]3CCS(=O)(=O)C3)cc2)CC1. The molecule has 0 aliphatic carbocycles. The second-order valence-corrected chi connectivity index (χ2v) is 11.8. The van der Waals surface area contributed by atoms with E-state index in [-0.39, 0.29) is 28.4 Å². The number of sulfone groups is 1. The highest BCUT2D eigenvalue weighted by atomic mass is 32.2. The van der Waals surface area contributed by atoms with Gasteiger partial charge < -0.3 is 4.90 Å². The normalized spacial score (nSPS) is 24.0. The molecule has 2 heterocycles. The maximum atomic E-state index is 12.8. The Morgan fingerprint density at radius 1 is 1.11 bits per heavy atom. The van der Waals surface area contributed by atoms with E-state index in [0.29, 0.717) is 31.0 Å². The van der Waals surface area contributed by atoms with Gasteiger partial charge in [-0.3, -0.25) is 4.79 Å². The fourth-order valence-corrected chi connectivity index (χ4v) is 6.84. The van der Waals surface area contributed by atoms with Crippen LogP contribution in [0.5, 0.6) is 0 Å². The third kappa shape index (κ3) is 4.35. The van der Waals surface area contributed by atoms with Crippen molar-refractivity contribution in [3.8, 4) is 0 Å². The Hall–Kier alpha value is -1.45. The van der Waals surface area contributed by atoms with E-state index in [1.165, 1.54) is 33.5 Å². The molecule has 7 nitrogen and oxygen atoms in total. The number of piperidine rings is 1. The van der Waals surface area contributed by atoms with Gasteiger partial charge in [-0.2, -0.15) is 4.31 Å². The van der Waals surface area contributed by atoms with Crippen molar-refractivity contribution >= 4 is 25.8 Å². The van der Waals surface area contributed by atoms with E-state index in [1.54, 1.807) is 7.05 Å². The molecule has 0 bridgehead atoms. The van der Waals surface area contributed by atoms with Crippen LogP contribution >= 0.6 is 0 Å². The van der Waals surface area contributed by atoms with Crippen molar-refractivity contribution in [3.63, 3.8) is 0 Å². The van der Waals surface area contributed by atoms with Crippen molar-refractivity contribution in [1.29, 1.82) is 0 Å². The molecular formula is C18H26N2O5S2. The van der Waals surface area contributed by atoms with Crippen molar-refractivity contribution in [1.82, 2.24) is 9.21 Å². The minimum atomic E-state index is -3.55. The van der Waals surface area contributed by atoms with Crippen LogP contribution in [-0.4, -0.2) is 69.6 Å². The monoisotopic (exact) mass is 414 g/mol. The van der Waals surface area contributed by atoms with Crippen molar-refractivity contribution in [3.05, 3.63) is 29.8 Å². The lowest BCUT2D eigenvalue weighted by Gasteiger charge is -2.29. The number of rotatable bonds is 4. The molecule has 9 heteroatoms. The Morgan fingerprint density at radius 3 is 2.22 bits per heavy atom. The summed E-state index contributed by atoms with van der Waals surface area (Å²) < 4.78 is 50.2. The highest BCUT2D eigenvalue weighted by Gasteiger charge is 2.33. The van der Waals surface area contributed by atoms with Gasteiger partial charge in [0.1, 0.15) is 0 Å². The second-order valence-electron chi connectivity index (χ2n) is 7.58. The lowest BCUT2D eigenvalue weighted by molar-refractivity contribution is 0.0747. The van der Waals surface area contributed by atoms with Crippen LogP contribution in [0.4, 0.5) is 0 Å². The third-order valence-corrected chi connectivity index (χ3v) is 9.22. The highest BCUT2D eigenvalue weighted by Crippen LogP contribution is 2.24. The Labute approximate surface area is 161 Å². The first-order valence-corrected chi connectivity index (χ1v) is 12.4. The summed E-state index contributed by atoms with van der Waals surface area (Å²) in [5.74, 6) is 0.315. The fourth-order valence-electron chi connectivity index (χ4n) is 3.59. The maximum Gasteiger partial charge on any atom is 0.253 e. The quantitative estimate of drug-likeness (QED) is 0.742. The van der Waals surface area contributed by atoms with Crippen LogP contribution < -0.4 is 0 Å². The summed E-state index contributed by atoms with van der Waals surface area (Å²) in [6, 6.07) is 5.59. The standard InChI is InChI=1S/C18H26N2O5S2/c1-14-7-10-20(11-8-14)27(24,25)17-5-3-15(4-6-17)18(21)19(2)16-9-12-26(22,23)13-16/h3-6,14,16H,7-13H2,1-2H3/t16-/m0/s1. The summed E-state index contributed by atoms with van der Waals surface area (Å²) in [6.45, 7) is 3.16. The number of carbonyl (C=O) groups is 1. The average molecular weight is 415 g/mol. The van der Waals surface area contributed by atoms with E-state index in [4.69, 9.17) is 0 Å². The van der Waals surface area contributed by atoms with Crippen LogP contribution in [0.25, 0.3) is 0 Å². The molecule has 2 fully saturated rings. The number of hydrogen-bond donors (Lipinski definition) is 0. The maximum absolute atomic E-state index is 12.8. The van der Waals surface area contributed by atoms with Crippen LogP contribution in [0.15, 0.2) is 29.2 Å². The first-order chi connectivity index (χ1) is 12.6. The molecule has 1 amide bonds. The topological polar surface area (TPSA) is 91.8 Å². The van der Waals surface area contributed by atoms with Gasteiger partial charge in [0.2, 0.25) is 10.0 Å². The Morgan fingerprint density at radius 2 is 1.70 bits per heavy atom. The van der Waals surface area contributed by atoms with Crippen molar-refractivity contribution in [2.75, 3.05) is 31.6 Å². The molecule has 1 aromatic rings. The zero-order valence-corrected chi connectivity index (χ0v) is 17.3. The fraction of sp³-hybridized carbons (Fsp3) is 0.611. The lowest BCUT2D eigenvalue weighted by atomic mass is 10.0. The van der Waals surface area contributed by atoms with Gasteiger partial charge in [0, 0.05) is 31.7 Å². The summed E-state index contributed by atoms with van der Waals surface area (Å²) in [7, 11) is -5.04. The van der Waals surface area contributed by atoms with Gasteiger partial charge in [-0.05, 0) is 49.4 Å². The van der Waals surface area contributed by atoms with Crippen molar-refractivity contribution < 1.29 is 21.6 Å². The molecule has 150 valence electrons. The highest BCUT2D eigenvalue weighted by molar-refractivity contribution is 7.91. The lowest BCUT2D eigenvalue weighted by Crippen LogP contribution is -2.38. The summed E-state index contributed by atoms with van der Waals surface area (Å²) in [6.07, 6.45) is 2.14. The summed E-state index contributed by atoms with van der Waals surface area (Å²) in [5, 5.41) is 0. The molecule has 0 radical (unpaired) electrons. The molecule has 0 N–H and O–H groups in total. The van der Waals surface area contributed by atoms with Crippen LogP contribution in [0, 0.1) is 5.92 Å². The van der Waals surface area contributed by atoms with Crippen LogP contribution in [0.1, 0.15) is 36.5 Å².